The maximum absolute atomic E-state index is 13.7. The molecule has 20 heavy (non-hydrogen) atoms. The smallest absolute Gasteiger partial charge is 0.241 e. The Bertz CT molecular complexity index is 604. The zero-order chi connectivity index (χ0) is 14.9. The Hall–Kier alpha value is -1.02. The van der Waals surface area contributed by atoms with Crippen molar-refractivity contribution in [1.82, 2.24) is 9.62 Å². The highest BCUT2D eigenvalue weighted by atomic mass is 32.2. The van der Waals surface area contributed by atoms with Crippen LogP contribution in [0.5, 0.6) is 0 Å². The second-order valence-corrected chi connectivity index (χ2v) is 6.91. The molecule has 112 valence electrons. The quantitative estimate of drug-likeness (QED) is 0.855. The van der Waals surface area contributed by atoms with Crippen molar-refractivity contribution in [3.63, 3.8) is 0 Å². The molecule has 0 spiro atoms. The molecule has 1 saturated heterocycles. The van der Waals surface area contributed by atoms with E-state index in [4.69, 9.17) is 5.11 Å². The molecule has 1 aliphatic heterocycles. The van der Waals surface area contributed by atoms with Crippen molar-refractivity contribution in [2.75, 3.05) is 20.1 Å². The largest absolute Gasteiger partial charge is 0.392 e. The highest BCUT2D eigenvalue weighted by Gasteiger charge is 2.27. The van der Waals surface area contributed by atoms with E-state index in [-0.39, 0.29) is 22.1 Å². The first kappa shape index (κ1) is 15.4. The van der Waals surface area contributed by atoms with Crippen molar-refractivity contribution in [2.24, 2.45) is 0 Å². The highest BCUT2D eigenvalue weighted by Crippen LogP contribution is 2.22. The number of nitrogens with one attached hydrogen (secondary N) is 1. The van der Waals surface area contributed by atoms with Gasteiger partial charge in [-0.25, -0.2) is 17.5 Å². The van der Waals surface area contributed by atoms with Gasteiger partial charge in [-0.3, -0.25) is 0 Å². The van der Waals surface area contributed by atoms with Crippen molar-refractivity contribution in [1.29, 1.82) is 0 Å². The monoisotopic (exact) mass is 302 g/mol. The first-order chi connectivity index (χ1) is 9.33. The van der Waals surface area contributed by atoms with Crippen molar-refractivity contribution < 1.29 is 17.9 Å². The number of rotatable bonds is 4. The highest BCUT2D eigenvalue weighted by molar-refractivity contribution is 7.89. The van der Waals surface area contributed by atoms with Crippen molar-refractivity contribution in [3.8, 4) is 0 Å². The number of halogens is 1. The summed E-state index contributed by atoms with van der Waals surface area (Å²) in [5, 5.41) is 9.07. The van der Waals surface area contributed by atoms with E-state index in [1.807, 2.05) is 11.9 Å². The van der Waals surface area contributed by atoms with Crippen LogP contribution < -0.4 is 4.72 Å². The van der Waals surface area contributed by atoms with Crippen LogP contribution in [-0.4, -0.2) is 44.6 Å². The van der Waals surface area contributed by atoms with E-state index < -0.39 is 22.4 Å². The molecule has 1 heterocycles. The van der Waals surface area contributed by atoms with Crippen LogP contribution in [0.25, 0.3) is 0 Å². The number of aliphatic hydroxyl groups excluding tert-OH is 1. The molecule has 1 aromatic rings. The Kier molecular flexibility index (Phi) is 4.43. The Morgan fingerprint density at radius 3 is 2.75 bits per heavy atom. The van der Waals surface area contributed by atoms with E-state index in [0.29, 0.717) is 6.54 Å². The summed E-state index contributed by atoms with van der Waals surface area (Å²) in [4.78, 5) is 1.93. The fourth-order valence-electron chi connectivity index (χ4n) is 2.39. The van der Waals surface area contributed by atoms with E-state index in [1.54, 1.807) is 0 Å². The molecular weight excluding hydrogens is 283 g/mol. The Labute approximate surface area is 118 Å². The fourth-order valence-corrected chi connectivity index (χ4v) is 3.96. The van der Waals surface area contributed by atoms with Crippen molar-refractivity contribution in [2.45, 2.75) is 30.9 Å². The summed E-state index contributed by atoms with van der Waals surface area (Å²) < 4.78 is 41.0. The van der Waals surface area contributed by atoms with Crippen molar-refractivity contribution >= 4 is 10.0 Å². The second kappa shape index (κ2) is 5.77. The molecule has 1 aromatic carbocycles. The van der Waals surface area contributed by atoms with Crippen molar-refractivity contribution in [3.05, 3.63) is 29.1 Å². The zero-order valence-electron chi connectivity index (χ0n) is 11.6. The third-order valence-electron chi connectivity index (χ3n) is 3.54. The maximum Gasteiger partial charge on any atom is 0.241 e. The number of nitrogens with zero attached hydrogens (tertiary/aromatic N) is 1. The summed E-state index contributed by atoms with van der Waals surface area (Å²) in [7, 11) is -1.86. The molecule has 2 N–H and O–H groups in total. The van der Waals surface area contributed by atoms with Crippen LogP contribution in [0.15, 0.2) is 17.0 Å². The summed E-state index contributed by atoms with van der Waals surface area (Å²) in [6.45, 7) is 2.50. The molecule has 0 radical (unpaired) electrons. The number of aliphatic hydroxyl groups is 1. The summed E-state index contributed by atoms with van der Waals surface area (Å²) in [6, 6.07) is 2.31. The molecule has 0 amide bonds. The predicted molar refractivity (Wildman–Crippen MR) is 73.3 cm³/mol. The fraction of sp³-hybridized carbons (Fsp3) is 0.538. The first-order valence-electron chi connectivity index (χ1n) is 6.44. The minimum Gasteiger partial charge on any atom is -0.392 e. The normalized spacial score (nSPS) is 20.5. The molecule has 1 unspecified atom stereocenters. The lowest BCUT2D eigenvalue weighted by Crippen LogP contribution is -2.36. The number of benzene rings is 1. The molecule has 1 aliphatic rings. The number of hydrogen-bond donors (Lipinski definition) is 2. The van der Waals surface area contributed by atoms with Gasteiger partial charge in [0.1, 0.15) is 5.82 Å². The Balaban J connectivity index is 2.31. The number of hydrogen-bond acceptors (Lipinski definition) is 4. The average Bonchev–Trinajstić information content (AvgIpc) is 2.76. The topological polar surface area (TPSA) is 69.6 Å². The van der Waals surface area contributed by atoms with Crippen LogP contribution in [0.1, 0.15) is 17.5 Å². The second-order valence-electron chi connectivity index (χ2n) is 5.23. The van der Waals surface area contributed by atoms with Crippen LogP contribution in [0.3, 0.4) is 0 Å². The van der Waals surface area contributed by atoms with Gasteiger partial charge in [0.2, 0.25) is 10.0 Å². The van der Waals surface area contributed by atoms with Crippen LogP contribution >= 0.6 is 0 Å². The van der Waals surface area contributed by atoms with E-state index in [2.05, 4.69) is 4.72 Å². The van der Waals surface area contributed by atoms with Gasteiger partial charge in [0.15, 0.2) is 0 Å². The van der Waals surface area contributed by atoms with Gasteiger partial charge in [0.25, 0.3) is 0 Å². The van der Waals surface area contributed by atoms with E-state index in [1.165, 1.54) is 13.0 Å². The van der Waals surface area contributed by atoms with Gasteiger partial charge in [-0.15, -0.1) is 0 Å². The van der Waals surface area contributed by atoms with E-state index >= 15 is 0 Å². The number of sulfonamides is 1. The van der Waals surface area contributed by atoms with Gasteiger partial charge in [-0.05, 0) is 44.6 Å². The Morgan fingerprint density at radius 1 is 1.50 bits per heavy atom. The first-order valence-corrected chi connectivity index (χ1v) is 7.92. The predicted octanol–water partition coefficient (Wildman–Crippen LogP) is 0.609. The lowest BCUT2D eigenvalue weighted by Gasteiger charge is -2.15. The maximum atomic E-state index is 13.7. The molecule has 0 aliphatic carbocycles. The number of likely N-dealkylation sites (N-methyl/N-ethyl adjacent to an activating group) is 1. The van der Waals surface area contributed by atoms with Gasteiger partial charge < -0.3 is 10.0 Å². The van der Waals surface area contributed by atoms with Crippen LogP contribution in [0.4, 0.5) is 4.39 Å². The number of likely N-dealkylation sites (tertiary alicyclic amines) is 1. The van der Waals surface area contributed by atoms with E-state index in [9.17, 15) is 12.8 Å². The third kappa shape index (κ3) is 3.17. The van der Waals surface area contributed by atoms with Crippen LogP contribution in [0, 0.1) is 12.7 Å². The minimum absolute atomic E-state index is 0.0704. The summed E-state index contributed by atoms with van der Waals surface area (Å²) in [5.41, 5.74) is 0.318. The van der Waals surface area contributed by atoms with Gasteiger partial charge in [-0.1, -0.05) is 0 Å². The van der Waals surface area contributed by atoms with Gasteiger partial charge in [0, 0.05) is 18.2 Å². The molecule has 5 nitrogen and oxygen atoms in total. The molecule has 0 aromatic heterocycles. The molecule has 0 saturated carbocycles. The lowest BCUT2D eigenvalue weighted by atomic mass is 10.1. The molecule has 7 heteroatoms. The summed E-state index contributed by atoms with van der Waals surface area (Å²) in [5.74, 6) is -0.625. The van der Waals surface area contributed by atoms with Gasteiger partial charge in [-0.2, -0.15) is 0 Å². The summed E-state index contributed by atoms with van der Waals surface area (Å²) >= 11 is 0. The Morgan fingerprint density at radius 2 is 2.20 bits per heavy atom. The van der Waals surface area contributed by atoms with E-state index in [0.717, 1.165) is 19.0 Å². The average molecular weight is 302 g/mol. The SMILES string of the molecule is Cc1c(F)cc(CO)cc1S(=O)(=O)NC1CCN(C)C1. The molecule has 1 atom stereocenters. The summed E-state index contributed by atoms with van der Waals surface area (Å²) in [6.07, 6.45) is 0.733. The molecule has 2 rings (SSSR count). The molecular formula is C13H19FN2O3S. The molecule has 0 bridgehead atoms. The molecule has 1 fully saturated rings. The third-order valence-corrected chi connectivity index (χ3v) is 5.19. The standard InChI is InChI=1S/C13H19FN2O3S/c1-9-12(14)5-10(8-17)6-13(9)20(18,19)15-11-3-4-16(2)7-11/h5-6,11,15,17H,3-4,7-8H2,1-2H3. The van der Waals surface area contributed by atoms with Gasteiger partial charge >= 0.3 is 0 Å². The zero-order valence-corrected chi connectivity index (χ0v) is 12.4. The minimum atomic E-state index is -3.78. The van der Waals surface area contributed by atoms with Gasteiger partial charge in [0.05, 0.1) is 11.5 Å². The van der Waals surface area contributed by atoms with Crippen LogP contribution in [-0.2, 0) is 16.6 Å². The lowest BCUT2D eigenvalue weighted by molar-refractivity contribution is 0.281. The van der Waals surface area contributed by atoms with Crippen LogP contribution in [0.2, 0.25) is 0 Å².